The molecule has 5 heterocycles. The van der Waals surface area contributed by atoms with Crippen molar-refractivity contribution in [2.75, 3.05) is 13.2 Å². The number of nitrogens with zero attached hydrogens (tertiary/aromatic N) is 6. The molecule has 2 aliphatic heterocycles. The normalized spacial score (nSPS) is 17.0. The van der Waals surface area contributed by atoms with Gasteiger partial charge in [0, 0.05) is 48.5 Å². The molecule has 198 valence electrons. The molecule has 1 saturated heterocycles. The minimum Gasteiger partial charge on any atom is -0.356 e. The molecule has 1 N–H and O–H groups in total. The Labute approximate surface area is 231 Å². The number of fused-ring (bicyclic) bond motifs is 2. The first-order valence-corrected chi connectivity index (χ1v) is 13.6. The summed E-state index contributed by atoms with van der Waals surface area (Å²) in [6, 6.07) is 19.2. The van der Waals surface area contributed by atoms with Gasteiger partial charge in [0.1, 0.15) is 5.69 Å². The summed E-state index contributed by atoms with van der Waals surface area (Å²) in [5.74, 6) is 0.636. The third-order valence-electron chi connectivity index (χ3n) is 7.73. The number of aromatic nitrogens is 5. The van der Waals surface area contributed by atoms with E-state index in [1.54, 1.807) is 30.5 Å². The maximum absolute atomic E-state index is 13.2. The summed E-state index contributed by atoms with van der Waals surface area (Å²) >= 11 is 0. The van der Waals surface area contributed by atoms with Gasteiger partial charge in [-0.3, -0.25) is 9.78 Å². The zero-order chi connectivity index (χ0) is 27.1. The molecule has 1 unspecified atom stereocenters. The lowest BCUT2D eigenvalue weighted by molar-refractivity contribution is -0.0365. The maximum Gasteiger partial charge on any atom is 0.254 e. The van der Waals surface area contributed by atoms with Crippen LogP contribution in [0, 0.1) is 11.3 Å². The maximum atomic E-state index is 13.2. The molecule has 0 aliphatic carbocycles. The quantitative estimate of drug-likeness (QED) is 0.340. The lowest BCUT2D eigenvalue weighted by Gasteiger charge is -2.26. The van der Waals surface area contributed by atoms with Gasteiger partial charge in [-0.25, -0.2) is 9.67 Å². The van der Waals surface area contributed by atoms with Crippen molar-refractivity contribution in [3.05, 3.63) is 89.5 Å². The lowest BCUT2D eigenvalue weighted by Crippen LogP contribution is -2.36. The molecule has 9 nitrogen and oxygen atoms in total. The van der Waals surface area contributed by atoms with Gasteiger partial charge in [-0.2, -0.15) is 10.4 Å². The van der Waals surface area contributed by atoms with Gasteiger partial charge in [0.05, 0.1) is 35.1 Å². The fourth-order valence-corrected chi connectivity index (χ4v) is 5.61. The highest BCUT2D eigenvalue weighted by Gasteiger charge is 2.28. The molecule has 1 fully saturated rings. The summed E-state index contributed by atoms with van der Waals surface area (Å²) in [5, 5.41) is 15.1. The van der Waals surface area contributed by atoms with E-state index in [0.29, 0.717) is 36.5 Å². The molecule has 0 saturated carbocycles. The number of hydrogen-bond donors (Lipinski definition) is 1. The van der Waals surface area contributed by atoms with Crippen molar-refractivity contribution < 1.29 is 9.53 Å². The summed E-state index contributed by atoms with van der Waals surface area (Å²) in [6.07, 6.45) is 7.26. The smallest absolute Gasteiger partial charge is 0.254 e. The molecule has 0 bridgehead atoms. The van der Waals surface area contributed by atoms with Crippen LogP contribution in [0.15, 0.2) is 67.0 Å². The highest BCUT2D eigenvalue weighted by atomic mass is 16.5. The monoisotopic (exact) mass is 529 g/mol. The fourth-order valence-electron chi connectivity index (χ4n) is 5.61. The third-order valence-corrected chi connectivity index (χ3v) is 7.73. The molecular weight excluding hydrogens is 502 g/mol. The Hall–Kier alpha value is -4.81. The Morgan fingerprint density at radius 1 is 1.10 bits per heavy atom. The van der Waals surface area contributed by atoms with Gasteiger partial charge in [-0.05, 0) is 67.3 Å². The minimum absolute atomic E-state index is 0.0587. The molecule has 7 rings (SSSR count). The second kappa shape index (κ2) is 10.1. The second-order valence-corrected chi connectivity index (χ2v) is 10.3. The first-order chi connectivity index (χ1) is 19.7. The summed E-state index contributed by atoms with van der Waals surface area (Å²) in [4.78, 5) is 27.8. The number of pyridine rings is 1. The fraction of sp³-hybridized carbons (Fsp3) is 0.258. The average molecular weight is 530 g/mol. The summed E-state index contributed by atoms with van der Waals surface area (Å²) < 4.78 is 8.11. The molecule has 1 amide bonds. The Balaban J connectivity index is 1.25. The van der Waals surface area contributed by atoms with E-state index >= 15 is 0 Å². The van der Waals surface area contributed by atoms with Crippen LogP contribution < -0.4 is 0 Å². The number of benzene rings is 2. The van der Waals surface area contributed by atoms with Crippen LogP contribution in [0.1, 0.15) is 52.8 Å². The van der Waals surface area contributed by atoms with E-state index in [1.165, 1.54) is 0 Å². The van der Waals surface area contributed by atoms with Gasteiger partial charge in [-0.1, -0.05) is 12.1 Å². The van der Waals surface area contributed by atoms with Gasteiger partial charge in [0.2, 0.25) is 0 Å². The molecule has 0 spiro atoms. The van der Waals surface area contributed by atoms with Crippen LogP contribution in [0.25, 0.3) is 33.5 Å². The average Bonchev–Trinajstić information content (AvgIpc) is 3.62. The van der Waals surface area contributed by atoms with Crippen molar-refractivity contribution in [1.29, 1.82) is 5.26 Å². The number of nitrogens with one attached hydrogen (secondary N) is 1. The van der Waals surface area contributed by atoms with Gasteiger partial charge in [-0.15, -0.1) is 0 Å². The van der Waals surface area contributed by atoms with E-state index in [1.807, 2.05) is 27.9 Å². The first kappa shape index (κ1) is 24.2. The number of H-pyrrole nitrogens is 1. The zero-order valence-electron chi connectivity index (χ0n) is 21.9. The molecule has 9 heteroatoms. The van der Waals surface area contributed by atoms with Gasteiger partial charge in [0.15, 0.2) is 12.1 Å². The molecule has 5 aromatic rings. The van der Waals surface area contributed by atoms with Crippen LogP contribution in [-0.4, -0.2) is 48.7 Å². The zero-order valence-corrected chi connectivity index (χ0v) is 21.9. The molecule has 3 aromatic heterocycles. The number of nitriles is 1. The van der Waals surface area contributed by atoms with Gasteiger partial charge >= 0.3 is 0 Å². The van der Waals surface area contributed by atoms with Crippen LogP contribution in [0.5, 0.6) is 0 Å². The third kappa shape index (κ3) is 4.32. The second-order valence-electron chi connectivity index (χ2n) is 10.3. The van der Waals surface area contributed by atoms with Crippen molar-refractivity contribution in [3.8, 4) is 28.7 Å². The number of imidazole rings is 1. The Morgan fingerprint density at radius 2 is 2.00 bits per heavy atom. The van der Waals surface area contributed by atoms with Gasteiger partial charge in [0.25, 0.3) is 5.91 Å². The Morgan fingerprint density at radius 3 is 2.77 bits per heavy atom. The van der Waals surface area contributed by atoms with Crippen LogP contribution in [0.3, 0.4) is 0 Å². The van der Waals surface area contributed by atoms with Crippen LogP contribution in [0.2, 0.25) is 0 Å². The minimum atomic E-state index is -0.112. The largest absolute Gasteiger partial charge is 0.356 e. The summed E-state index contributed by atoms with van der Waals surface area (Å²) in [7, 11) is 0. The predicted molar refractivity (Wildman–Crippen MR) is 149 cm³/mol. The topological polar surface area (TPSA) is 113 Å². The number of amides is 1. The van der Waals surface area contributed by atoms with Crippen LogP contribution in [-0.2, 0) is 17.7 Å². The molecular formula is C31H27N7O2. The van der Waals surface area contributed by atoms with E-state index in [4.69, 9.17) is 20.1 Å². The van der Waals surface area contributed by atoms with Crippen molar-refractivity contribution in [3.63, 3.8) is 0 Å². The van der Waals surface area contributed by atoms with Crippen LogP contribution in [0.4, 0.5) is 0 Å². The number of aromatic amines is 1. The van der Waals surface area contributed by atoms with Crippen LogP contribution >= 0.6 is 0 Å². The van der Waals surface area contributed by atoms with E-state index in [9.17, 15) is 4.79 Å². The number of rotatable bonds is 4. The van der Waals surface area contributed by atoms with E-state index in [2.05, 4.69) is 34.2 Å². The Kier molecular flexibility index (Phi) is 6.10. The number of ether oxygens (including phenoxy) is 1. The molecule has 2 aliphatic rings. The van der Waals surface area contributed by atoms with Crippen molar-refractivity contribution in [2.45, 2.75) is 38.5 Å². The van der Waals surface area contributed by atoms with E-state index in [0.717, 1.165) is 65.0 Å². The number of hydrogen-bond acceptors (Lipinski definition) is 6. The van der Waals surface area contributed by atoms with Crippen molar-refractivity contribution in [2.24, 2.45) is 0 Å². The highest BCUT2D eigenvalue weighted by Crippen LogP contribution is 2.35. The van der Waals surface area contributed by atoms with Crippen molar-refractivity contribution >= 4 is 16.8 Å². The summed E-state index contributed by atoms with van der Waals surface area (Å²) in [6.45, 7) is 1.74. The number of carbonyl (C=O) groups is 1. The lowest BCUT2D eigenvalue weighted by atomic mass is 10.0. The molecule has 40 heavy (non-hydrogen) atoms. The standard InChI is InChI=1S/C31H27N7O2/c32-17-20-6-8-21(9-7-20)31(39)37-14-12-25-26(19-37)35-30(34-25)29-24-16-22(23-4-3-13-33-18-23)10-11-27(24)38(36-29)28-5-1-2-15-40-28/h3-4,6-11,13,16,18,28H,1-2,5,12,14-15,19H2,(H,34,35). The predicted octanol–water partition coefficient (Wildman–Crippen LogP) is 5.26. The van der Waals surface area contributed by atoms with E-state index < -0.39 is 0 Å². The van der Waals surface area contributed by atoms with E-state index in [-0.39, 0.29) is 12.1 Å². The molecule has 0 radical (unpaired) electrons. The summed E-state index contributed by atoms with van der Waals surface area (Å²) in [5.41, 5.74) is 6.85. The number of carbonyl (C=O) groups excluding carboxylic acids is 1. The highest BCUT2D eigenvalue weighted by molar-refractivity contribution is 5.95. The SMILES string of the molecule is N#Cc1ccc(C(=O)N2CCc3nc(-c4nn(C5CCCCO5)c5ccc(-c6cccnc6)cc45)[nH]c3C2)cc1. The Bertz CT molecular complexity index is 1740. The molecule has 1 atom stereocenters. The van der Waals surface area contributed by atoms with Gasteiger partial charge < -0.3 is 14.6 Å². The molecule has 2 aromatic carbocycles. The van der Waals surface area contributed by atoms with Crippen molar-refractivity contribution in [1.82, 2.24) is 29.6 Å². The first-order valence-electron chi connectivity index (χ1n) is 13.6.